The van der Waals surface area contributed by atoms with Gasteiger partial charge in [0.2, 0.25) is 0 Å². The molecule has 0 amide bonds. The molecule has 1 aromatic heterocycles. The highest BCUT2D eigenvalue weighted by Crippen LogP contribution is 2.21. The van der Waals surface area contributed by atoms with Crippen molar-refractivity contribution in [3.8, 4) is 0 Å². The molecule has 0 saturated carbocycles. The summed E-state index contributed by atoms with van der Waals surface area (Å²) in [5, 5.41) is 11.9. The van der Waals surface area contributed by atoms with E-state index < -0.39 is 0 Å². The molecule has 2 heterocycles. The molecule has 3 rings (SSSR count). The van der Waals surface area contributed by atoms with Crippen LogP contribution in [0.1, 0.15) is 36.7 Å². The minimum absolute atomic E-state index is 0.366. The van der Waals surface area contributed by atoms with Gasteiger partial charge in [-0.2, -0.15) is 0 Å². The van der Waals surface area contributed by atoms with Crippen LogP contribution in [0.3, 0.4) is 0 Å². The van der Waals surface area contributed by atoms with Crippen LogP contribution in [0.25, 0.3) is 0 Å². The van der Waals surface area contributed by atoms with E-state index >= 15 is 0 Å². The van der Waals surface area contributed by atoms with Crippen molar-refractivity contribution in [3.63, 3.8) is 0 Å². The standard InChI is InChI=1S/C14H18N4/c1-2-6-12(7-3-1)10-18-11-16-17-14(18)13-8-4-5-9-15-13/h1-3,6-7,11,13,15H,4-5,8-10H2. The quantitative estimate of drug-likeness (QED) is 0.896. The maximum absolute atomic E-state index is 4.29. The summed E-state index contributed by atoms with van der Waals surface area (Å²) in [7, 11) is 0. The number of nitrogens with one attached hydrogen (secondary N) is 1. The van der Waals surface area contributed by atoms with Crippen LogP contribution < -0.4 is 5.32 Å². The third-order valence-corrected chi connectivity index (χ3v) is 3.46. The predicted octanol–water partition coefficient (Wildman–Crippen LogP) is 2.14. The Bertz CT molecular complexity index is 486. The summed E-state index contributed by atoms with van der Waals surface area (Å²) in [4.78, 5) is 0. The Hall–Kier alpha value is -1.68. The molecule has 1 atom stereocenters. The van der Waals surface area contributed by atoms with Gasteiger partial charge < -0.3 is 9.88 Å². The molecule has 0 radical (unpaired) electrons. The molecule has 0 aliphatic carbocycles. The molecule has 4 heteroatoms. The second-order valence-corrected chi connectivity index (χ2v) is 4.81. The zero-order valence-corrected chi connectivity index (χ0v) is 10.4. The molecule has 0 bridgehead atoms. The third-order valence-electron chi connectivity index (χ3n) is 3.46. The molecule has 1 fully saturated rings. The summed E-state index contributed by atoms with van der Waals surface area (Å²) < 4.78 is 2.15. The minimum Gasteiger partial charge on any atom is -0.312 e. The largest absolute Gasteiger partial charge is 0.312 e. The van der Waals surface area contributed by atoms with Crippen molar-refractivity contribution in [2.24, 2.45) is 0 Å². The summed E-state index contributed by atoms with van der Waals surface area (Å²) in [6, 6.07) is 10.8. The molecular formula is C14H18N4. The molecule has 4 nitrogen and oxygen atoms in total. The average Bonchev–Trinajstić information content (AvgIpc) is 2.89. The highest BCUT2D eigenvalue weighted by molar-refractivity contribution is 5.15. The van der Waals surface area contributed by atoms with Crippen LogP contribution in [-0.4, -0.2) is 21.3 Å². The molecule has 1 unspecified atom stereocenters. The van der Waals surface area contributed by atoms with Crippen LogP contribution in [0, 0.1) is 0 Å². The predicted molar refractivity (Wildman–Crippen MR) is 70.2 cm³/mol. The molecule has 1 aromatic carbocycles. The maximum atomic E-state index is 4.29. The first-order valence-electron chi connectivity index (χ1n) is 6.58. The van der Waals surface area contributed by atoms with Crippen molar-refractivity contribution in [2.75, 3.05) is 6.54 Å². The van der Waals surface area contributed by atoms with Crippen LogP contribution >= 0.6 is 0 Å². The van der Waals surface area contributed by atoms with Crippen LogP contribution in [0.4, 0.5) is 0 Å². The van der Waals surface area contributed by atoms with Crippen LogP contribution in [0.5, 0.6) is 0 Å². The summed E-state index contributed by atoms with van der Waals surface area (Å²) in [6.45, 7) is 1.93. The van der Waals surface area contributed by atoms with E-state index in [1.54, 1.807) is 0 Å². The summed E-state index contributed by atoms with van der Waals surface area (Å²) in [6.07, 6.45) is 5.53. The molecular weight excluding hydrogens is 224 g/mol. The first-order chi connectivity index (χ1) is 8.93. The Labute approximate surface area is 107 Å². The van der Waals surface area contributed by atoms with Crippen LogP contribution in [0.2, 0.25) is 0 Å². The molecule has 0 spiro atoms. The van der Waals surface area contributed by atoms with Gasteiger partial charge in [0.05, 0.1) is 12.6 Å². The lowest BCUT2D eigenvalue weighted by Crippen LogP contribution is -2.29. The molecule has 2 aromatic rings. The molecule has 18 heavy (non-hydrogen) atoms. The van der Waals surface area contributed by atoms with Crippen molar-refractivity contribution < 1.29 is 0 Å². The number of nitrogens with zero attached hydrogens (tertiary/aromatic N) is 3. The fourth-order valence-electron chi connectivity index (χ4n) is 2.51. The van der Waals surface area contributed by atoms with Gasteiger partial charge in [0, 0.05) is 0 Å². The lowest BCUT2D eigenvalue weighted by molar-refractivity contribution is 0.387. The van der Waals surface area contributed by atoms with E-state index in [0.717, 1.165) is 25.3 Å². The van der Waals surface area contributed by atoms with E-state index in [1.165, 1.54) is 18.4 Å². The number of rotatable bonds is 3. The summed E-state index contributed by atoms with van der Waals surface area (Å²) in [5.74, 6) is 1.07. The van der Waals surface area contributed by atoms with Crippen LogP contribution in [-0.2, 0) is 6.54 Å². The van der Waals surface area contributed by atoms with Gasteiger partial charge in [0.1, 0.15) is 12.2 Å². The van der Waals surface area contributed by atoms with Crippen molar-refractivity contribution >= 4 is 0 Å². The Morgan fingerprint density at radius 3 is 2.89 bits per heavy atom. The van der Waals surface area contributed by atoms with Gasteiger partial charge in [-0.1, -0.05) is 36.8 Å². The lowest BCUT2D eigenvalue weighted by Gasteiger charge is -2.23. The Kier molecular flexibility index (Phi) is 3.37. The van der Waals surface area contributed by atoms with Gasteiger partial charge in [-0.25, -0.2) is 0 Å². The Morgan fingerprint density at radius 1 is 1.22 bits per heavy atom. The zero-order valence-electron chi connectivity index (χ0n) is 10.4. The second kappa shape index (κ2) is 5.31. The number of benzene rings is 1. The molecule has 1 N–H and O–H groups in total. The molecule has 1 saturated heterocycles. The number of piperidine rings is 1. The smallest absolute Gasteiger partial charge is 0.150 e. The first kappa shape index (κ1) is 11.4. The Balaban J connectivity index is 1.78. The molecule has 1 aliphatic rings. The second-order valence-electron chi connectivity index (χ2n) is 4.81. The topological polar surface area (TPSA) is 42.7 Å². The highest BCUT2D eigenvalue weighted by atomic mass is 15.3. The van der Waals surface area contributed by atoms with Gasteiger partial charge in [-0.05, 0) is 24.9 Å². The lowest BCUT2D eigenvalue weighted by atomic mass is 10.0. The highest BCUT2D eigenvalue weighted by Gasteiger charge is 2.19. The first-order valence-corrected chi connectivity index (χ1v) is 6.58. The van der Waals surface area contributed by atoms with Gasteiger partial charge in [0.25, 0.3) is 0 Å². The van der Waals surface area contributed by atoms with E-state index in [0.29, 0.717) is 6.04 Å². The molecule has 1 aliphatic heterocycles. The summed E-state index contributed by atoms with van der Waals surface area (Å²) in [5.41, 5.74) is 1.29. The number of hydrogen-bond acceptors (Lipinski definition) is 3. The Morgan fingerprint density at radius 2 is 2.11 bits per heavy atom. The maximum Gasteiger partial charge on any atom is 0.150 e. The fraction of sp³-hybridized carbons (Fsp3) is 0.429. The fourth-order valence-corrected chi connectivity index (χ4v) is 2.51. The summed E-state index contributed by atoms with van der Waals surface area (Å²) >= 11 is 0. The zero-order chi connectivity index (χ0) is 12.2. The number of aromatic nitrogens is 3. The van der Waals surface area contributed by atoms with E-state index in [9.17, 15) is 0 Å². The molecule has 94 valence electrons. The van der Waals surface area contributed by atoms with E-state index in [2.05, 4.69) is 44.3 Å². The number of hydrogen-bond donors (Lipinski definition) is 1. The van der Waals surface area contributed by atoms with Gasteiger partial charge in [-0.15, -0.1) is 10.2 Å². The van der Waals surface area contributed by atoms with Gasteiger partial charge in [0.15, 0.2) is 0 Å². The van der Waals surface area contributed by atoms with E-state index in [4.69, 9.17) is 0 Å². The third kappa shape index (κ3) is 2.43. The van der Waals surface area contributed by atoms with Crippen molar-refractivity contribution in [2.45, 2.75) is 31.8 Å². The normalized spacial score (nSPS) is 19.9. The van der Waals surface area contributed by atoms with Crippen molar-refractivity contribution in [1.29, 1.82) is 0 Å². The van der Waals surface area contributed by atoms with Crippen LogP contribution in [0.15, 0.2) is 36.7 Å². The monoisotopic (exact) mass is 242 g/mol. The van der Waals surface area contributed by atoms with Gasteiger partial charge >= 0.3 is 0 Å². The SMILES string of the molecule is c1ccc(Cn2cnnc2C2CCCCN2)cc1. The van der Waals surface area contributed by atoms with Gasteiger partial charge in [-0.3, -0.25) is 0 Å². The minimum atomic E-state index is 0.366. The average molecular weight is 242 g/mol. The van der Waals surface area contributed by atoms with Crippen molar-refractivity contribution in [3.05, 3.63) is 48.0 Å². The van der Waals surface area contributed by atoms with Crippen molar-refractivity contribution in [1.82, 2.24) is 20.1 Å². The van der Waals surface area contributed by atoms with E-state index in [-0.39, 0.29) is 0 Å². The van der Waals surface area contributed by atoms with E-state index in [1.807, 2.05) is 12.4 Å².